The van der Waals surface area contributed by atoms with E-state index < -0.39 is 10.0 Å². The van der Waals surface area contributed by atoms with Gasteiger partial charge in [0.2, 0.25) is 10.0 Å². The van der Waals surface area contributed by atoms with Crippen LogP contribution in [0.25, 0.3) is 0 Å². The zero-order chi connectivity index (χ0) is 13.3. The van der Waals surface area contributed by atoms with Crippen molar-refractivity contribution >= 4 is 26.0 Å². The van der Waals surface area contributed by atoms with Gasteiger partial charge in [-0.2, -0.15) is 4.31 Å². The molecule has 0 aromatic carbocycles. The summed E-state index contributed by atoms with van der Waals surface area (Å²) in [5.74, 6) is 0.432. The smallest absolute Gasteiger partial charge is 0.247 e. The molecule has 0 saturated carbocycles. The second-order valence-electron chi connectivity index (χ2n) is 4.09. The fourth-order valence-corrected chi connectivity index (χ4v) is 4.43. The Labute approximate surface area is 114 Å². The number of hydrogen-bond donors (Lipinski definition) is 1. The van der Waals surface area contributed by atoms with Gasteiger partial charge >= 0.3 is 0 Å². The second kappa shape index (κ2) is 5.30. The van der Waals surface area contributed by atoms with Crippen LogP contribution >= 0.6 is 15.9 Å². The Hall–Kier alpha value is -0.410. The van der Waals surface area contributed by atoms with Crippen molar-refractivity contribution in [2.75, 3.05) is 19.8 Å². The molecule has 6 nitrogen and oxygen atoms in total. The third-order valence-electron chi connectivity index (χ3n) is 2.80. The highest BCUT2D eigenvalue weighted by atomic mass is 79.9. The fraction of sp³-hybridized carbons (Fsp3) is 0.600. The summed E-state index contributed by atoms with van der Waals surface area (Å²) < 4.78 is 37.1. The second-order valence-corrected chi connectivity index (χ2v) is 6.67. The van der Waals surface area contributed by atoms with E-state index in [0.29, 0.717) is 25.5 Å². The van der Waals surface area contributed by atoms with Crippen molar-refractivity contribution in [1.29, 1.82) is 0 Å². The monoisotopic (exact) mass is 338 g/mol. The topological polar surface area (TPSA) is 85.8 Å². The minimum Gasteiger partial charge on any atom is -0.452 e. The molecule has 2 N–H and O–H groups in total. The first kappa shape index (κ1) is 14.0. The first-order chi connectivity index (χ1) is 8.46. The average Bonchev–Trinajstić information content (AvgIpc) is 2.71. The largest absolute Gasteiger partial charge is 0.452 e. The molecular weight excluding hydrogens is 324 g/mol. The first-order valence-electron chi connectivity index (χ1n) is 5.54. The Morgan fingerprint density at radius 2 is 2.33 bits per heavy atom. The summed E-state index contributed by atoms with van der Waals surface area (Å²) in [7, 11) is -3.57. The van der Waals surface area contributed by atoms with Crippen molar-refractivity contribution in [3.8, 4) is 0 Å². The van der Waals surface area contributed by atoms with Gasteiger partial charge in [-0.25, -0.2) is 8.42 Å². The van der Waals surface area contributed by atoms with Crippen LogP contribution < -0.4 is 5.73 Å². The highest BCUT2D eigenvalue weighted by Crippen LogP contribution is 2.30. The number of nitrogens with zero attached hydrogens (tertiary/aromatic N) is 1. The molecule has 0 aliphatic carbocycles. The summed E-state index contributed by atoms with van der Waals surface area (Å²) in [5.41, 5.74) is 5.44. The molecule has 102 valence electrons. The van der Waals surface area contributed by atoms with Crippen molar-refractivity contribution in [2.45, 2.75) is 24.4 Å². The zero-order valence-electron chi connectivity index (χ0n) is 9.93. The van der Waals surface area contributed by atoms with Gasteiger partial charge in [0.1, 0.15) is 10.7 Å². The molecule has 0 amide bonds. The molecule has 1 aromatic heterocycles. The van der Waals surface area contributed by atoms with Crippen LogP contribution in [0.5, 0.6) is 0 Å². The molecule has 2 rings (SSSR count). The first-order valence-corrected chi connectivity index (χ1v) is 7.78. The van der Waals surface area contributed by atoms with Crippen molar-refractivity contribution in [2.24, 2.45) is 5.73 Å². The normalized spacial score (nSPS) is 22.3. The molecular formula is C10H15BrN2O4S. The van der Waals surface area contributed by atoms with E-state index in [9.17, 15) is 8.42 Å². The highest BCUT2D eigenvalue weighted by Gasteiger charge is 2.34. The van der Waals surface area contributed by atoms with Crippen LogP contribution in [-0.2, 0) is 21.3 Å². The maximum absolute atomic E-state index is 12.5. The number of morpholine rings is 1. The molecule has 1 atom stereocenters. The van der Waals surface area contributed by atoms with E-state index in [1.165, 1.54) is 10.4 Å². The lowest BCUT2D eigenvalue weighted by atomic mass is 10.3. The maximum atomic E-state index is 12.5. The third-order valence-corrected chi connectivity index (χ3v) is 5.67. The van der Waals surface area contributed by atoms with Gasteiger partial charge in [-0.3, -0.25) is 0 Å². The van der Waals surface area contributed by atoms with Crippen molar-refractivity contribution < 1.29 is 17.6 Å². The van der Waals surface area contributed by atoms with Gasteiger partial charge in [0.25, 0.3) is 0 Å². The van der Waals surface area contributed by atoms with Crippen LogP contribution in [-0.4, -0.2) is 38.5 Å². The number of hydrogen-bond acceptors (Lipinski definition) is 5. The molecule has 8 heteroatoms. The van der Waals surface area contributed by atoms with Crippen LogP contribution in [0.4, 0.5) is 0 Å². The number of furan rings is 1. The Balaban J connectivity index is 2.37. The maximum Gasteiger partial charge on any atom is 0.247 e. The number of ether oxygens (including phenoxy) is 1. The molecule has 1 aliphatic rings. The van der Waals surface area contributed by atoms with E-state index in [-0.39, 0.29) is 22.2 Å². The van der Waals surface area contributed by atoms with Gasteiger partial charge in [-0.05, 0) is 22.9 Å². The SMILES string of the molecule is CC1COCCN1S(=O)(=O)c1cc(CN)oc1Br. The summed E-state index contributed by atoms with van der Waals surface area (Å²) in [5, 5.41) is 0. The fourth-order valence-electron chi connectivity index (χ4n) is 1.87. The average molecular weight is 339 g/mol. The third kappa shape index (κ3) is 2.48. The van der Waals surface area contributed by atoms with Crippen molar-refractivity contribution in [1.82, 2.24) is 4.31 Å². The molecule has 18 heavy (non-hydrogen) atoms. The lowest BCUT2D eigenvalue weighted by Gasteiger charge is -2.31. The number of rotatable bonds is 3. The van der Waals surface area contributed by atoms with Gasteiger partial charge in [0.15, 0.2) is 4.67 Å². The van der Waals surface area contributed by atoms with Crippen LogP contribution in [0, 0.1) is 0 Å². The Bertz CT molecular complexity index is 528. The summed E-state index contributed by atoms with van der Waals surface area (Å²) in [6.45, 7) is 3.13. The predicted molar refractivity (Wildman–Crippen MR) is 68.5 cm³/mol. The quantitative estimate of drug-likeness (QED) is 0.885. The van der Waals surface area contributed by atoms with Crippen molar-refractivity contribution in [3.63, 3.8) is 0 Å². The lowest BCUT2D eigenvalue weighted by molar-refractivity contribution is 0.0392. The standard InChI is InChI=1S/C10H15BrN2O4S/c1-7-6-16-3-2-13(7)18(14,15)9-4-8(5-12)17-10(9)11/h4,7H,2-3,5-6,12H2,1H3. The van der Waals surface area contributed by atoms with Crippen molar-refractivity contribution in [3.05, 3.63) is 16.5 Å². The minimum absolute atomic E-state index is 0.122. The molecule has 0 spiro atoms. The summed E-state index contributed by atoms with van der Waals surface area (Å²) in [6, 6.07) is 1.27. The van der Waals surface area contributed by atoms with Gasteiger partial charge in [0.05, 0.1) is 19.8 Å². The predicted octanol–water partition coefficient (Wildman–Crippen LogP) is 0.910. The van der Waals surface area contributed by atoms with E-state index in [0.717, 1.165) is 0 Å². The van der Waals surface area contributed by atoms with Crippen LogP contribution in [0.2, 0.25) is 0 Å². The summed E-state index contributed by atoms with van der Waals surface area (Å²) in [4.78, 5) is 0.122. The molecule has 1 aliphatic heterocycles. The van der Waals surface area contributed by atoms with Crippen LogP contribution in [0.1, 0.15) is 12.7 Å². The van der Waals surface area contributed by atoms with Crippen LogP contribution in [0.3, 0.4) is 0 Å². The molecule has 1 saturated heterocycles. The van der Waals surface area contributed by atoms with E-state index >= 15 is 0 Å². The number of nitrogens with two attached hydrogens (primary N) is 1. The summed E-state index contributed by atoms with van der Waals surface area (Å²) >= 11 is 3.12. The Morgan fingerprint density at radius 1 is 1.61 bits per heavy atom. The summed E-state index contributed by atoms with van der Waals surface area (Å²) in [6.07, 6.45) is 0. The van der Waals surface area contributed by atoms with E-state index in [1.807, 2.05) is 6.92 Å². The number of sulfonamides is 1. The van der Waals surface area contributed by atoms with Gasteiger partial charge in [-0.1, -0.05) is 0 Å². The highest BCUT2D eigenvalue weighted by molar-refractivity contribution is 9.10. The molecule has 0 radical (unpaired) electrons. The Morgan fingerprint density at radius 3 is 2.89 bits per heavy atom. The zero-order valence-corrected chi connectivity index (χ0v) is 12.3. The molecule has 1 unspecified atom stereocenters. The van der Waals surface area contributed by atoms with E-state index in [4.69, 9.17) is 14.9 Å². The number of halogens is 1. The molecule has 2 heterocycles. The molecule has 1 fully saturated rings. The minimum atomic E-state index is -3.57. The molecule has 1 aromatic rings. The van der Waals surface area contributed by atoms with E-state index in [2.05, 4.69) is 15.9 Å². The Kier molecular flexibility index (Phi) is 4.12. The van der Waals surface area contributed by atoms with Gasteiger partial charge < -0.3 is 14.9 Å². The van der Waals surface area contributed by atoms with Crippen LogP contribution in [0.15, 0.2) is 20.0 Å². The van der Waals surface area contributed by atoms with Gasteiger partial charge in [-0.15, -0.1) is 0 Å². The van der Waals surface area contributed by atoms with E-state index in [1.54, 1.807) is 0 Å². The lowest BCUT2D eigenvalue weighted by Crippen LogP contribution is -2.46. The van der Waals surface area contributed by atoms with Gasteiger partial charge in [0, 0.05) is 18.7 Å². The molecule has 0 bridgehead atoms.